The van der Waals surface area contributed by atoms with Gasteiger partial charge in [-0.25, -0.2) is 0 Å². The van der Waals surface area contributed by atoms with Gasteiger partial charge >= 0.3 is 0 Å². The minimum absolute atomic E-state index is 0.650. The molecule has 0 bridgehead atoms. The molecule has 0 N–H and O–H groups in total. The molecule has 0 aliphatic heterocycles. The highest BCUT2D eigenvalue weighted by Gasteiger charge is 2.52. The van der Waals surface area contributed by atoms with Crippen LogP contribution >= 0.6 is 0 Å². The summed E-state index contributed by atoms with van der Waals surface area (Å²) in [5, 5.41) is 0. The van der Waals surface area contributed by atoms with Crippen LogP contribution in [0.5, 0.6) is 0 Å². The third-order valence-electron chi connectivity index (χ3n) is 8.22. The molecule has 132 valence electrons. The first-order chi connectivity index (χ1) is 11.6. The van der Waals surface area contributed by atoms with Crippen molar-refractivity contribution < 1.29 is 0 Å². The molecule has 5 atom stereocenters. The zero-order valence-corrected chi connectivity index (χ0v) is 16.1. The first-order valence-corrected chi connectivity index (χ1v) is 10.7. The molecule has 2 fully saturated rings. The second-order valence-electron chi connectivity index (χ2n) is 9.43. The van der Waals surface area contributed by atoms with Crippen LogP contribution in [0, 0.1) is 30.1 Å². The van der Waals surface area contributed by atoms with E-state index < -0.39 is 0 Å². The molecule has 3 aliphatic carbocycles. The molecule has 0 saturated heterocycles. The Balaban J connectivity index is 1.63. The minimum atomic E-state index is 0.650. The summed E-state index contributed by atoms with van der Waals surface area (Å²) in [6, 6.07) is 7.34. The molecule has 4 rings (SSSR count). The SMILES string of the molecule is CCCC[C@H]1CCC2C3CCc4cc(C)ccc4C3CCC[C@]21C. The van der Waals surface area contributed by atoms with E-state index in [2.05, 4.69) is 39.0 Å². The Morgan fingerprint density at radius 3 is 2.83 bits per heavy atom. The molecule has 3 unspecified atom stereocenters. The molecule has 1 aromatic carbocycles. The Kier molecular flexibility index (Phi) is 4.52. The summed E-state index contributed by atoms with van der Waals surface area (Å²) in [7, 11) is 0. The van der Waals surface area contributed by atoms with Crippen LogP contribution in [-0.4, -0.2) is 0 Å². The van der Waals surface area contributed by atoms with Crippen molar-refractivity contribution in [3.8, 4) is 0 Å². The number of hydrogen-bond donors (Lipinski definition) is 0. The summed E-state index contributed by atoms with van der Waals surface area (Å²) in [4.78, 5) is 0. The average Bonchev–Trinajstić information content (AvgIpc) is 2.81. The van der Waals surface area contributed by atoms with Gasteiger partial charge in [0, 0.05) is 0 Å². The van der Waals surface area contributed by atoms with Crippen LogP contribution in [0.1, 0.15) is 94.2 Å². The summed E-state index contributed by atoms with van der Waals surface area (Å²) >= 11 is 0. The van der Waals surface area contributed by atoms with E-state index in [1.807, 2.05) is 0 Å². The Hall–Kier alpha value is -0.780. The number of unbranched alkanes of at least 4 members (excludes halogenated alkanes) is 1. The van der Waals surface area contributed by atoms with E-state index in [9.17, 15) is 0 Å². The fraction of sp³-hybridized carbons (Fsp3) is 0.750. The zero-order valence-electron chi connectivity index (χ0n) is 16.1. The molecule has 0 radical (unpaired) electrons. The highest BCUT2D eigenvalue weighted by Crippen LogP contribution is 2.62. The van der Waals surface area contributed by atoms with Crippen LogP contribution in [0.4, 0.5) is 0 Å². The molecule has 2 saturated carbocycles. The van der Waals surface area contributed by atoms with E-state index in [1.54, 1.807) is 11.1 Å². The fourth-order valence-corrected chi connectivity index (χ4v) is 6.98. The molecular weight excluding hydrogens is 288 g/mol. The molecule has 0 nitrogen and oxygen atoms in total. The third kappa shape index (κ3) is 2.65. The zero-order chi connectivity index (χ0) is 16.7. The lowest BCUT2D eigenvalue weighted by Crippen LogP contribution is -2.35. The molecule has 0 heterocycles. The van der Waals surface area contributed by atoms with Gasteiger partial charge in [0.05, 0.1) is 0 Å². The second-order valence-corrected chi connectivity index (χ2v) is 9.43. The minimum Gasteiger partial charge on any atom is -0.0654 e. The van der Waals surface area contributed by atoms with Crippen molar-refractivity contribution in [2.45, 2.75) is 90.9 Å². The summed E-state index contributed by atoms with van der Waals surface area (Å²) < 4.78 is 0. The molecule has 1 aromatic rings. The highest BCUT2D eigenvalue weighted by atomic mass is 14.6. The van der Waals surface area contributed by atoms with Gasteiger partial charge in [-0.1, -0.05) is 56.9 Å². The monoisotopic (exact) mass is 324 g/mol. The van der Waals surface area contributed by atoms with Crippen molar-refractivity contribution in [3.63, 3.8) is 0 Å². The molecule has 0 heteroatoms. The maximum atomic E-state index is 2.69. The van der Waals surface area contributed by atoms with Gasteiger partial charge in [-0.2, -0.15) is 0 Å². The van der Waals surface area contributed by atoms with Crippen molar-refractivity contribution in [1.29, 1.82) is 0 Å². The van der Waals surface area contributed by atoms with Crippen molar-refractivity contribution >= 4 is 0 Å². The van der Waals surface area contributed by atoms with E-state index in [0.717, 1.165) is 23.7 Å². The predicted octanol–water partition coefficient (Wildman–Crippen LogP) is 7.05. The van der Waals surface area contributed by atoms with Gasteiger partial charge in [-0.05, 0) is 92.1 Å². The average molecular weight is 325 g/mol. The van der Waals surface area contributed by atoms with Crippen molar-refractivity contribution in [2.24, 2.45) is 23.2 Å². The number of rotatable bonds is 3. The first-order valence-electron chi connectivity index (χ1n) is 10.7. The number of fused-ring (bicyclic) bond motifs is 5. The largest absolute Gasteiger partial charge is 0.0654 e. The Morgan fingerprint density at radius 1 is 1.12 bits per heavy atom. The van der Waals surface area contributed by atoms with E-state index in [1.165, 1.54) is 69.8 Å². The van der Waals surface area contributed by atoms with Gasteiger partial charge in [0.15, 0.2) is 0 Å². The van der Waals surface area contributed by atoms with Gasteiger partial charge in [0.2, 0.25) is 0 Å². The van der Waals surface area contributed by atoms with Crippen molar-refractivity contribution in [3.05, 3.63) is 34.9 Å². The van der Waals surface area contributed by atoms with E-state index in [4.69, 9.17) is 0 Å². The lowest BCUT2D eigenvalue weighted by Gasteiger charge is -2.43. The fourth-order valence-electron chi connectivity index (χ4n) is 6.98. The highest BCUT2D eigenvalue weighted by molar-refractivity contribution is 5.37. The van der Waals surface area contributed by atoms with Crippen LogP contribution in [0.2, 0.25) is 0 Å². The smallest absolute Gasteiger partial charge is 0.0128 e. The molecule has 0 amide bonds. The van der Waals surface area contributed by atoms with E-state index in [0.29, 0.717) is 5.41 Å². The van der Waals surface area contributed by atoms with E-state index in [-0.39, 0.29) is 0 Å². The molecule has 24 heavy (non-hydrogen) atoms. The number of aryl methyl sites for hydroxylation is 2. The van der Waals surface area contributed by atoms with Crippen molar-refractivity contribution in [1.82, 2.24) is 0 Å². The maximum Gasteiger partial charge on any atom is -0.0128 e. The third-order valence-corrected chi connectivity index (χ3v) is 8.22. The Labute approximate surface area is 149 Å². The molecule has 0 spiro atoms. The first kappa shape index (κ1) is 16.7. The van der Waals surface area contributed by atoms with Crippen LogP contribution in [0.15, 0.2) is 18.2 Å². The normalized spacial score (nSPS) is 38.1. The summed E-state index contributed by atoms with van der Waals surface area (Å²) in [5.74, 6) is 3.85. The van der Waals surface area contributed by atoms with Gasteiger partial charge < -0.3 is 0 Å². The molecule has 3 aliphatic rings. The van der Waals surface area contributed by atoms with Gasteiger partial charge in [-0.15, -0.1) is 0 Å². The standard InChI is InChI=1S/C24H36/c1-4-5-7-19-11-14-23-22-13-10-18-16-17(2)9-12-20(18)21(22)8-6-15-24(19,23)3/h9,12,16,19,21-23H,4-8,10-11,13-15H2,1-3H3/t19-,21?,22?,23?,24-/m0/s1. The van der Waals surface area contributed by atoms with Crippen LogP contribution < -0.4 is 0 Å². The van der Waals surface area contributed by atoms with Crippen molar-refractivity contribution in [2.75, 3.05) is 0 Å². The predicted molar refractivity (Wildman–Crippen MR) is 103 cm³/mol. The lowest BCUT2D eigenvalue weighted by atomic mass is 9.62. The quantitative estimate of drug-likeness (QED) is 0.559. The Bertz CT molecular complexity index is 586. The summed E-state index contributed by atoms with van der Waals surface area (Å²) in [6.45, 7) is 7.31. The van der Waals surface area contributed by atoms with Gasteiger partial charge in [0.25, 0.3) is 0 Å². The maximum absolute atomic E-state index is 2.69. The molecular formula is C24H36. The molecule has 0 aromatic heterocycles. The second kappa shape index (κ2) is 6.50. The topological polar surface area (TPSA) is 0 Å². The lowest BCUT2D eigenvalue weighted by molar-refractivity contribution is 0.0901. The summed E-state index contributed by atoms with van der Waals surface area (Å²) in [6.07, 6.45) is 14.6. The van der Waals surface area contributed by atoms with Gasteiger partial charge in [0.1, 0.15) is 0 Å². The summed E-state index contributed by atoms with van der Waals surface area (Å²) in [5.41, 5.74) is 5.52. The van der Waals surface area contributed by atoms with Crippen LogP contribution in [-0.2, 0) is 6.42 Å². The van der Waals surface area contributed by atoms with E-state index >= 15 is 0 Å². The van der Waals surface area contributed by atoms with Gasteiger partial charge in [-0.3, -0.25) is 0 Å². The number of hydrogen-bond acceptors (Lipinski definition) is 0. The Morgan fingerprint density at radius 2 is 2.00 bits per heavy atom. The van der Waals surface area contributed by atoms with Crippen LogP contribution in [0.3, 0.4) is 0 Å². The number of benzene rings is 1. The van der Waals surface area contributed by atoms with Crippen LogP contribution in [0.25, 0.3) is 0 Å².